The topological polar surface area (TPSA) is 68.6 Å². The summed E-state index contributed by atoms with van der Waals surface area (Å²) in [6.45, 7) is 2.97. The van der Waals surface area contributed by atoms with E-state index >= 15 is 0 Å². The van der Waals surface area contributed by atoms with Crippen molar-refractivity contribution in [2.24, 2.45) is 0 Å². The molecule has 1 aliphatic heterocycles. The summed E-state index contributed by atoms with van der Waals surface area (Å²) in [5.41, 5.74) is 1.61. The van der Waals surface area contributed by atoms with Crippen LogP contribution in [0, 0.1) is 0 Å². The molecule has 154 valence electrons. The number of nitrogens with zero attached hydrogens (tertiary/aromatic N) is 2. The van der Waals surface area contributed by atoms with Gasteiger partial charge in [0.05, 0.1) is 12.1 Å². The zero-order valence-corrected chi connectivity index (χ0v) is 16.9. The first-order chi connectivity index (χ1) is 14.6. The van der Waals surface area contributed by atoms with E-state index in [0.29, 0.717) is 31.3 Å². The number of fused-ring (bicyclic) bond motifs is 1. The average molecular weight is 404 g/mol. The summed E-state index contributed by atoms with van der Waals surface area (Å²) in [5, 5.41) is 0.492. The molecular formula is C24H24N2O4. The zero-order chi connectivity index (χ0) is 21.1. The highest BCUT2D eigenvalue weighted by atomic mass is 16.5. The molecule has 1 amide bonds. The summed E-state index contributed by atoms with van der Waals surface area (Å²) in [5.74, 6) is -0.822. The first-order valence-corrected chi connectivity index (χ1v) is 10.2. The number of amides is 1. The van der Waals surface area contributed by atoms with E-state index in [0.717, 1.165) is 11.1 Å². The van der Waals surface area contributed by atoms with E-state index in [9.17, 15) is 14.4 Å². The molecule has 0 N–H and O–H groups in total. The van der Waals surface area contributed by atoms with Crippen LogP contribution in [0.1, 0.15) is 35.7 Å². The van der Waals surface area contributed by atoms with Gasteiger partial charge in [0.25, 0.3) is 5.91 Å². The van der Waals surface area contributed by atoms with Gasteiger partial charge in [-0.3, -0.25) is 9.59 Å². The van der Waals surface area contributed by atoms with Crippen molar-refractivity contribution < 1.29 is 14.3 Å². The van der Waals surface area contributed by atoms with Gasteiger partial charge in [0, 0.05) is 24.7 Å². The highest BCUT2D eigenvalue weighted by Crippen LogP contribution is 2.22. The number of likely N-dealkylation sites (tertiary alicyclic amines) is 1. The predicted octanol–water partition coefficient (Wildman–Crippen LogP) is 3.22. The Hall–Kier alpha value is -3.41. The van der Waals surface area contributed by atoms with Gasteiger partial charge in [-0.25, -0.2) is 4.79 Å². The van der Waals surface area contributed by atoms with Crippen molar-refractivity contribution in [2.75, 3.05) is 13.2 Å². The standard InChI is InChI=1S/C24H24N2O4/c1-2-30-24(29)21-13-8-14-26(21)23(28)19-16-25(15-17-9-4-3-5-10-17)20-12-7-6-11-18(20)22(19)27/h3-7,9-12,16,21H,2,8,13-15H2,1H3/t21-/m0/s1. The minimum absolute atomic E-state index is 0.0841. The monoisotopic (exact) mass is 404 g/mol. The third-order valence-electron chi connectivity index (χ3n) is 5.49. The summed E-state index contributed by atoms with van der Waals surface area (Å²) >= 11 is 0. The molecule has 0 spiro atoms. The maximum atomic E-state index is 13.3. The Labute approximate surface area is 174 Å². The van der Waals surface area contributed by atoms with Crippen LogP contribution in [-0.4, -0.2) is 40.5 Å². The van der Waals surface area contributed by atoms with E-state index in [1.54, 1.807) is 25.3 Å². The van der Waals surface area contributed by atoms with Gasteiger partial charge in [-0.05, 0) is 37.5 Å². The number of hydrogen-bond donors (Lipinski definition) is 0. The number of hydrogen-bond acceptors (Lipinski definition) is 4. The zero-order valence-electron chi connectivity index (χ0n) is 16.9. The average Bonchev–Trinajstić information content (AvgIpc) is 3.26. The number of benzene rings is 2. The van der Waals surface area contributed by atoms with Crippen molar-refractivity contribution in [1.82, 2.24) is 9.47 Å². The van der Waals surface area contributed by atoms with Crippen molar-refractivity contribution in [2.45, 2.75) is 32.4 Å². The first kappa shape index (κ1) is 19.9. The van der Waals surface area contributed by atoms with Gasteiger partial charge < -0.3 is 14.2 Å². The molecule has 0 bridgehead atoms. The molecular weight excluding hydrogens is 380 g/mol. The van der Waals surface area contributed by atoms with Crippen LogP contribution < -0.4 is 5.43 Å². The SMILES string of the molecule is CCOC(=O)[C@@H]1CCCN1C(=O)c1cn(Cc2ccccc2)c2ccccc2c1=O. The number of rotatable bonds is 5. The van der Waals surface area contributed by atoms with Crippen LogP contribution >= 0.6 is 0 Å². The maximum absolute atomic E-state index is 13.3. The maximum Gasteiger partial charge on any atom is 0.328 e. The summed E-state index contributed by atoms with van der Waals surface area (Å²) in [4.78, 5) is 40.3. The van der Waals surface area contributed by atoms with Gasteiger partial charge in [0.15, 0.2) is 0 Å². The van der Waals surface area contributed by atoms with E-state index in [1.165, 1.54) is 4.90 Å². The van der Waals surface area contributed by atoms with Crippen molar-refractivity contribution >= 4 is 22.8 Å². The smallest absolute Gasteiger partial charge is 0.328 e. The summed E-state index contributed by atoms with van der Waals surface area (Å²) < 4.78 is 7.05. The minimum Gasteiger partial charge on any atom is -0.464 e. The summed E-state index contributed by atoms with van der Waals surface area (Å²) in [7, 11) is 0. The van der Waals surface area contributed by atoms with Crippen molar-refractivity contribution in [3.8, 4) is 0 Å². The normalized spacial score (nSPS) is 16.0. The summed E-state index contributed by atoms with van der Waals surface area (Å²) in [6.07, 6.45) is 2.89. The van der Waals surface area contributed by atoms with Gasteiger partial charge in [-0.1, -0.05) is 42.5 Å². The molecule has 0 unspecified atom stereocenters. The predicted molar refractivity (Wildman–Crippen MR) is 114 cm³/mol. The van der Waals surface area contributed by atoms with Crippen molar-refractivity contribution in [1.29, 1.82) is 0 Å². The van der Waals surface area contributed by atoms with Crippen molar-refractivity contribution in [3.05, 3.63) is 82.1 Å². The number of esters is 1. The quantitative estimate of drug-likeness (QED) is 0.613. The van der Waals surface area contributed by atoms with Gasteiger partial charge >= 0.3 is 5.97 Å². The lowest BCUT2D eigenvalue weighted by atomic mass is 10.1. The van der Waals surface area contributed by atoms with Crippen LogP contribution in [0.15, 0.2) is 65.6 Å². The van der Waals surface area contributed by atoms with Gasteiger partial charge in [0.2, 0.25) is 5.43 Å². The van der Waals surface area contributed by atoms with E-state index < -0.39 is 17.9 Å². The fourth-order valence-electron chi connectivity index (χ4n) is 4.06. The Bertz CT molecular complexity index is 1140. The molecule has 1 atom stereocenters. The molecule has 4 rings (SSSR count). The van der Waals surface area contributed by atoms with Gasteiger partial charge in [-0.2, -0.15) is 0 Å². The Morgan fingerprint density at radius 2 is 1.80 bits per heavy atom. The van der Waals surface area contributed by atoms with E-state index in [-0.39, 0.29) is 17.6 Å². The van der Waals surface area contributed by atoms with Crippen molar-refractivity contribution in [3.63, 3.8) is 0 Å². The van der Waals surface area contributed by atoms with Gasteiger partial charge in [-0.15, -0.1) is 0 Å². The molecule has 6 heteroatoms. The molecule has 1 aliphatic rings. The number of pyridine rings is 1. The molecule has 0 saturated carbocycles. The van der Waals surface area contributed by atoms with Crippen LogP contribution in [0.4, 0.5) is 0 Å². The highest BCUT2D eigenvalue weighted by molar-refractivity contribution is 5.99. The number of para-hydroxylation sites is 1. The Kier molecular flexibility index (Phi) is 5.65. The van der Waals surface area contributed by atoms with E-state index in [1.807, 2.05) is 47.0 Å². The molecule has 6 nitrogen and oxygen atoms in total. The largest absolute Gasteiger partial charge is 0.464 e. The van der Waals surface area contributed by atoms with Crippen LogP contribution in [-0.2, 0) is 16.1 Å². The fraction of sp³-hybridized carbons (Fsp3) is 0.292. The Balaban J connectivity index is 1.77. The number of ether oxygens (including phenoxy) is 1. The molecule has 30 heavy (non-hydrogen) atoms. The third kappa shape index (κ3) is 3.73. The molecule has 0 aliphatic carbocycles. The van der Waals surface area contributed by atoms with Crippen LogP contribution in [0.25, 0.3) is 10.9 Å². The Morgan fingerprint density at radius 3 is 2.57 bits per heavy atom. The molecule has 1 fully saturated rings. The first-order valence-electron chi connectivity index (χ1n) is 10.2. The molecule has 3 aromatic rings. The fourth-order valence-corrected chi connectivity index (χ4v) is 4.06. The lowest BCUT2D eigenvalue weighted by Crippen LogP contribution is -2.43. The highest BCUT2D eigenvalue weighted by Gasteiger charge is 2.36. The number of carbonyl (C=O) groups excluding carboxylic acids is 2. The molecule has 2 aromatic carbocycles. The molecule has 1 aromatic heterocycles. The lowest BCUT2D eigenvalue weighted by Gasteiger charge is -2.23. The minimum atomic E-state index is -0.633. The van der Waals surface area contributed by atoms with E-state index in [4.69, 9.17) is 4.74 Å². The van der Waals surface area contributed by atoms with Gasteiger partial charge in [0.1, 0.15) is 11.6 Å². The second kappa shape index (κ2) is 8.53. The molecule has 2 heterocycles. The number of aromatic nitrogens is 1. The summed E-state index contributed by atoms with van der Waals surface area (Å²) in [6, 6.07) is 16.5. The second-order valence-corrected chi connectivity index (χ2v) is 7.41. The van der Waals surface area contributed by atoms with Crippen LogP contribution in [0.3, 0.4) is 0 Å². The Morgan fingerprint density at radius 1 is 1.07 bits per heavy atom. The third-order valence-corrected chi connectivity index (χ3v) is 5.49. The molecule has 0 radical (unpaired) electrons. The van der Waals surface area contributed by atoms with Crippen LogP contribution in [0.5, 0.6) is 0 Å². The van der Waals surface area contributed by atoms with Crippen LogP contribution in [0.2, 0.25) is 0 Å². The number of carbonyl (C=O) groups is 2. The molecule has 1 saturated heterocycles. The van der Waals surface area contributed by atoms with E-state index in [2.05, 4.69) is 0 Å². The second-order valence-electron chi connectivity index (χ2n) is 7.41. The lowest BCUT2D eigenvalue weighted by molar-refractivity contribution is -0.147.